The van der Waals surface area contributed by atoms with Crippen LogP contribution in [-0.2, 0) is 21.2 Å². The van der Waals surface area contributed by atoms with Crippen molar-refractivity contribution in [2.24, 2.45) is 0 Å². The van der Waals surface area contributed by atoms with E-state index in [0.717, 1.165) is 22.5 Å². The number of carbonyl (C=O) groups is 1. The van der Waals surface area contributed by atoms with Crippen LogP contribution in [0.4, 0.5) is 4.79 Å². The Morgan fingerprint density at radius 2 is 1.66 bits per heavy atom. The summed E-state index contributed by atoms with van der Waals surface area (Å²) in [7, 11) is -3.96. The highest BCUT2D eigenvalue weighted by molar-refractivity contribution is 7.90. The molecule has 7 nitrogen and oxygen atoms in total. The molecule has 35 heavy (non-hydrogen) atoms. The molecule has 1 aliphatic rings. The van der Waals surface area contributed by atoms with E-state index in [-0.39, 0.29) is 11.5 Å². The predicted octanol–water partition coefficient (Wildman–Crippen LogP) is 5.50. The zero-order valence-corrected chi connectivity index (χ0v) is 21.4. The summed E-state index contributed by atoms with van der Waals surface area (Å²) in [5.74, 6) is 0.606. The fraction of sp³-hybridized carbons (Fsp3) is 0.407. The Balaban J connectivity index is 1.33. The van der Waals surface area contributed by atoms with Gasteiger partial charge < -0.3 is 4.74 Å². The van der Waals surface area contributed by atoms with Crippen LogP contribution in [0.1, 0.15) is 66.1 Å². The van der Waals surface area contributed by atoms with Gasteiger partial charge >= 0.3 is 6.09 Å². The van der Waals surface area contributed by atoms with Crippen LogP contribution in [-0.4, -0.2) is 30.9 Å². The molecule has 0 atom stereocenters. The summed E-state index contributed by atoms with van der Waals surface area (Å²) in [6.07, 6.45) is 5.89. The summed E-state index contributed by atoms with van der Waals surface area (Å²) in [6.45, 7) is 6.18. The molecular formula is C27H33N3O4S. The van der Waals surface area contributed by atoms with E-state index in [1.807, 2.05) is 40.6 Å². The maximum atomic E-state index is 12.3. The van der Waals surface area contributed by atoms with Crippen molar-refractivity contribution >= 4 is 16.1 Å². The number of rotatable bonds is 7. The lowest BCUT2D eigenvalue weighted by molar-refractivity contribution is 0.154. The van der Waals surface area contributed by atoms with Gasteiger partial charge in [-0.15, -0.1) is 0 Å². The standard InChI is InChI=1S/C27H33N3O4S/c1-19-9-15-25(16-10-19)35(32,33)29-27(31)34-18-17-22-11-13-24(14-12-22)30-21(3)26(20(2)28-30)23-7-5-4-6-8-23/h9-16,23H,4-8,17-18H2,1-3H3,(H,29,31). The maximum absolute atomic E-state index is 12.3. The van der Waals surface area contributed by atoms with Gasteiger partial charge in [0, 0.05) is 12.1 Å². The third kappa shape index (κ3) is 5.93. The van der Waals surface area contributed by atoms with Gasteiger partial charge in [0.15, 0.2) is 0 Å². The number of hydrogen-bond acceptors (Lipinski definition) is 5. The van der Waals surface area contributed by atoms with Gasteiger partial charge in [0.1, 0.15) is 0 Å². The van der Waals surface area contributed by atoms with Crippen LogP contribution < -0.4 is 4.72 Å². The minimum atomic E-state index is -3.96. The van der Waals surface area contributed by atoms with Crippen molar-refractivity contribution < 1.29 is 17.9 Å². The van der Waals surface area contributed by atoms with Gasteiger partial charge in [0.05, 0.1) is 22.9 Å². The second kappa shape index (κ2) is 10.6. The molecule has 1 aliphatic carbocycles. The summed E-state index contributed by atoms with van der Waals surface area (Å²) in [5, 5.41) is 4.82. The molecule has 1 amide bonds. The fourth-order valence-electron chi connectivity index (χ4n) is 4.87. The van der Waals surface area contributed by atoms with Gasteiger partial charge in [-0.2, -0.15) is 5.10 Å². The van der Waals surface area contributed by atoms with Gasteiger partial charge in [0.25, 0.3) is 10.0 Å². The first-order chi connectivity index (χ1) is 16.7. The lowest BCUT2D eigenvalue weighted by Crippen LogP contribution is -2.31. The number of nitrogens with zero attached hydrogens (tertiary/aromatic N) is 2. The predicted molar refractivity (Wildman–Crippen MR) is 135 cm³/mol. The topological polar surface area (TPSA) is 90.3 Å². The summed E-state index contributed by atoms with van der Waals surface area (Å²) >= 11 is 0. The molecule has 1 fully saturated rings. The monoisotopic (exact) mass is 495 g/mol. The third-order valence-electron chi connectivity index (χ3n) is 6.71. The normalized spacial score (nSPS) is 14.6. The number of amides is 1. The molecule has 1 saturated carbocycles. The summed E-state index contributed by atoms with van der Waals surface area (Å²) in [4.78, 5) is 12.0. The molecule has 0 unspecified atom stereocenters. The molecule has 3 aromatic rings. The summed E-state index contributed by atoms with van der Waals surface area (Å²) < 4.78 is 33.7. The average Bonchev–Trinajstić information content (AvgIpc) is 3.13. The number of aromatic nitrogens is 2. The molecule has 186 valence electrons. The average molecular weight is 496 g/mol. The van der Waals surface area contributed by atoms with E-state index in [1.54, 1.807) is 12.1 Å². The molecule has 1 aromatic heterocycles. The van der Waals surface area contributed by atoms with Crippen LogP contribution in [0.25, 0.3) is 5.69 Å². The number of sulfonamides is 1. The van der Waals surface area contributed by atoms with Crippen molar-refractivity contribution in [1.29, 1.82) is 0 Å². The second-order valence-electron chi connectivity index (χ2n) is 9.30. The Morgan fingerprint density at radius 1 is 1.00 bits per heavy atom. The Bertz CT molecular complexity index is 1270. The Labute approximate surface area is 207 Å². The van der Waals surface area contributed by atoms with E-state index in [2.05, 4.69) is 13.8 Å². The largest absolute Gasteiger partial charge is 0.448 e. The van der Waals surface area contributed by atoms with Gasteiger partial charge in [-0.25, -0.2) is 22.6 Å². The Hall–Kier alpha value is -3.13. The van der Waals surface area contributed by atoms with Crippen LogP contribution >= 0.6 is 0 Å². The van der Waals surface area contributed by atoms with Crippen LogP contribution in [0.3, 0.4) is 0 Å². The minimum absolute atomic E-state index is 0.0198. The van der Waals surface area contributed by atoms with Crippen LogP contribution in [0.2, 0.25) is 0 Å². The van der Waals surface area contributed by atoms with Crippen molar-refractivity contribution in [3.63, 3.8) is 0 Å². The Kier molecular flexibility index (Phi) is 7.60. The van der Waals surface area contributed by atoms with Gasteiger partial charge in [0.2, 0.25) is 0 Å². The van der Waals surface area contributed by atoms with E-state index in [4.69, 9.17) is 9.84 Å². The first kappa shape index (κ1) is 25.0. The van der Waals surface area contributed by atoms with E-state index < -0.39 is 16.1 Å². The van der Waals surface area contributed by atoms with Crippen LogP contribution in [0.5, 0.6) is 0 Å². The Morgan fingerprint density at radius 3 is 2.31 bits per heavy atom. The van der Waals surface area contributed by atoms with Crippen molar-refractivity contribution in [2.75, 3.05) is 6.61 Å². The number of aryl methyl sites for hydroxylation is 2. The zero-order valence-electron chi connectivity index (χ0n) is 20.6. The fourth-order valence-corrected chi connectivity index (χ4v) is 5.76. The van der Waals surface area contributed by atoms with Crippen molar-refractivity contribution in [1.82, 2.24) is 14.5 Å². The zero-order chi connectivity index (χ0) is 25.0. The van der Waals surface area contributed by atoms with E-state index in [9.17, 15) is 13.2 Å². The minimum Gasteiger partial charge on any atom is -0.448 e. The maximum Gasteiger partial charge on any atom is 0.421 e. The lowest BCUT2D eigenvalue weighted by atomic mass is 9.83. The van der Waals surface area contributed by atoms with Gasteiger partial charge in [-0.05, 0) is 74.9 Å². The molecule has 4 rings (SSSR count). The van der Waals surface area contributed by atoms with E-state index in [1.165, 1.54) is 55.5 Å². The van der Waals surface area contributed by atoms with Crippen molar-refractivity contribution in [3.8, 4) is 5.69 Å². The molecule has 8 heteroatoms. The van der Waals surface area contributed by atoms with Crippen LogP contribution in [0, 0.1) is 20.8 Å². The first-order valence-electron chi connectivity index (χ1n) is 12.2. The lowest BCUT2D eigenvalue weighted by Gasteiger charge is -2.22. The van der Waals surface area contributed by atoms with Crippen molar-refractivity contribution in [3.05, 3.63) is 76.6 Å². The molecule has 0 radical (unpaired) electrons. The molecule has 0 spiro atoms. The van der Waals surface area contributed by atoms with Gasteiger partial charge in [-0.3, -0.25) is 0 Å². The van der Waals surface area contributed by atoms with Crippen molar-refractivity contribution in [2.45, 2.75) is 70.1 Å². The van der Waals surface area contributed by atoms with Crippen LogP contribution in [0.15, 0.2) is 53.4 Å². The first-order valence-corrected chi connectivity index (χ1v) is 13.6. The smallest absolute Gasteiger partial charge is 0.421 e. The number of hydrogen-bond donors (Lipinski definition) is 1. The number of carbonyl (C=O) groups excluding carboxylic acids is 1. The van der Waals surface area contributed by atoms with Gasteiger partial charge in [-0.1, -0.05) is 49.1 Å². The van der Waals surface area contributed by atoms with E-state index >= 15 is 0 Å². The highest BCUT2D eigenvalue weighted by Crippen LogP contribution is 2.36. The molecule has 0 aliphatic heterocycles. The molecule has 0 saturated heterocycles. The quantitative estimate of drug-likeness (QED) is 0.467. The highest BCUT2D eigenvalue weighted by atomic mass is 32.2. The number of benzene rings is 2. The third-order valence-corrected chi connectivity index (χ3v) is 8.04. The second-order valence-corrected chi connectivity index (χ2v) is 11.0. The summed E-state index contributed by atoms with van der Waals surface area (Å²) in [6, 6.07) is 14.2. The molecule has 1 heterocycles. The number of nitrogens with one attached hydrogen (secondary N) is 1. The molecule has 1 N–H and O–H groups in total. The van der Waals surface area contributed by atoms with E-state index in [0.29, 0.717) is 12.3 Å². The summed E-state index contributed by atoms with van der Waals surface area (Å²) in [5.41, 5.74) is 6.63. The SMILES string of the molecule is Cc1ccc(S(=O)(=O)NC(=O)OCCc2ccc(-n3nc(C)c(C4CCCCC4)c3C)cc2)cc1. The highest BCUT2D eigenvalue weighted by Gasteiger charge is 2.23. The molecular weight excluding hydrogens is 462 g/mol. The number of ether oxygens (including phenoxy) is 1. The molecule has 2 aromatic carbocycles. The molecule has 0 bridgehead atoms.